The Morgan fingerprint density at radius 1 is 0.114 bits per heavy atom. The Kier molecular flexibility index (Phi) is 19.5. The van der Waals surface area contributed by atoms with Gasteiger partial charge in [0.25, 0.3) is 0 Å². The van der Waals surface area contributed by atoms with Crippen LogP contribution in [0.5, 0.6) is 0 Å². The predicted octanol–water partition coefficient (Wildman–Crippen LogP) is 37.9. The fourth-order valence-corrected chi connectivity index (χ4v) is 23.1. The van der Waals surface area contributed by atoms with E-state index in [1.807, 2.05) is 70.4 Å². The monoisotopic (exact) mass is 1730 g/mol. The Labute approximate surface area is 774 Å². The van der Waals surface area contributed by atoms with Gasteiger partial charge in [0.15, 0.2) is 0 Å². The second kappa shape index (κ2) is 33.1. The van der Waals surface area contributed by atoms with Crippen molar-refractivity contribution in [3.63, 3.8) is 0 Å². The molecular weight excluding hydrogens is 1660 g/mol. The first-order chi connectivity index (χ1) is 65.4. The zero-order valence-electron chi connectivity index (χ0n) is 71.5. The summed E-state index contributed by atoms with van der Waals surface area (Å²) in [7, 11) is 0. The smallest absolute Gasteiger partial charge is 0.136 e. The fourth-order valence-electron chi connectivity index (χ4n) is 19.7. The number of furan rings is 3. The van der Waals surface area contributed by atoms with E-state index in [-0.39, 0.29) is 0 Å². The van der Waals surface area contributed by atoms with Crippen molar-refractivity contribution in [1.29, 1.82) is 0 Å². The van der Waals surface area contributed by atoms with Crippen LogP contribution in [0.1, 0.15) is 0 Å². The Morgan fingerprint density at radius 3 is 1.06 bits per heavy atom. The predicted molar refractivity (Wildman–Crippen MR) is 565 cm³/mol. The lowest BCUT2D eigenvalue weighted by Crippen LogP contribution is -1.89. The van der Waals surface area contributed by atoms with Crippen LogP contribution >= 0.6 is 34.0 Å². The van der Waals surface area contributed by atoms with Gasteiger partial charge < -0.3 is 13.3 Å². The van der Waals surface area contributed by atoms with Crippen molar-refractivity contribution in [2.24, 2.45) is 0 Å². The van der Waals surface area contributed by atoms with E-state index in [1.54, 1.807) is 0 Å². The quantitative estimate of drug-likeness (QED) is 0.122. The van der Waals surface area contributed by atoms with E-state index in [1.165, 1.54) is 177 Å². The summed E-state index contributed by atoms with van der Waals surface area (Å²) in [6.45, 7) is 0. The highest BCUT2D eigenvalue weighted by molar-refractivity contribution is 7.26. The van der Waals surface area contributed by atoms with Crippen LogP contribution in [0.25, 0.3) is 260 Å². The van der Waals surface area contributed by atoms with E-state index in [0.717, 1.165) is 82.5 Å². The lowest BCUT2D eigenvalue weighted by atomic mass is 9.89. The highest BCUT2D eigenvalue weighted by Crippen LogP contribution is 2.51. The van der Waals surface area contributed by atoms with Gasteiger partial charge in [0.2, 0.25) is 0 Å². The molecule has 27 rings (SSSR count). The van der Waals surface area contributed by atoms with Gasteiger partial charge in [0, 0.05) is 92.8 Å². The Bertz CT molecular complexity index is 9120. The van der Waals surface area contributed by atoms with E-state index in [2.05, 4.69) is 437 Å². The topological polar surface area (TPSA) is 39.4 Å². The molecule has 0 aliphatic heterocycles. The van der Waals surface area contributed by atoms with Crippen molar-refractivity contribution >= 4 is 160 Å². The molecule has 21 aromatic carbocycles. The molecule has 0 saturated carbocycles. The molecule has 6 heterocycles. The molecule has 132 heavy (non-hydrogen) atoms. The van der Waals surface area contributed by atoms with Crippen LogP contribution in [-0.4, -0.2) is 0 Å². The highest BCUT2D eigenvalue weighted by Gasteiger charge is 2.24. The van der Waals surface area contributed by atoms with Crippen LogP contribution in [0.3, 0.4) is 0 Å². The molecule has 0 amide bonds. The van der Waals surface area contributed by atoms with E-state index in [9.17, 15) is 0 Å². The SMILES string of the molecule is c1ccc(-c2ccc(-c3cc(-c4ccc5oc6ccccc6c5c4)cc4sc5ccccc5c34)cc2-c2ccccc2)cc1.c1ccc(-c2ccc(-c3ccccc3-c3cc(-c4ccc5c(c4)oc4ccccc45)cc4oc5ccccc5c34)cc2)cc1.c1ccc(-c2cccc(-c3ccc(-c4cc(-c5ccc6sc7ccccc7c6c5)cc5sc6ccccc6c45)cc3)c2)cc1. The molecule has 0 fully saturated rings. The van der Waals surface area contributed by atoms with Crippen LogP contribution in [0.2, 0.25) is 0 Å². The van der Waals surface area contributed by atoms with Crippen LogP contribution in [0, 0.1) is 0 Å². The minimum absolute atomic E-state index is 0.873. The van der Waals surface area contributed by atoms with Crippen molar-refractivity contribution in [2.45, 2.75) is 0 Å². The van der Waals surface area contributed by atoms with E-state index in [4.69, 9.17) is 13.3 Å². The number of para-hydroxylation sites is 3. The maximum Gasteiger partial charge on any atom is 0.136 e. The minimum Gasteiger partial charge on any atom is -0.456 e. The van der Waals surface area contributed by atoms with Gasteiger partial charge in [0.1, 0.15) is 33.5 Å². The molecule has 0 spiro atoms. The van der Waals surface area contributed by atoms with Gasteiger partial charge in [-0.05, 0) is 255 Å². The first-order valence-electron chi connectivity index (χ1n) is 44.8. The summed E-state index contributed by atoms with van der Waals surface area (Å²) >= 11 is 5.63. The highest BCUT2D eigenvalue weighted by atomic mass is 32.1. The third kappa shape index (κ3) is 14.2. The van der Waals surface area contributed by atoms with Gasteiger partial charge in [-0.15, -0.1) is 34.0 Å². The molecular formula is C126H78O3S3. The van der Waals surface area contributed by atoms with Crippen LogP contribution in [0.4, 0.5) is 0 Å². The maximum atomic E-state index is 6.50. The summed E-state index contributed by atoms with van der Waals surface area (Å²) < 4.78 is 26.8. The summed E-state index contributed by atoms with van der Waals surface area (Å²) in [4.78, 5) is 0. The lowest BCUT2D eigenvalue weighted by molar-refractivity contribution is 0.668. The third-order valence-electron chi connectivity index (χ3n) is 26.1. The van der Waals surface area contributed by atoms with E-state index < -0.39 is 0 Å². The Hall–Kier alpha value is -16.3. The number of benzene rings is 21. The first kappa shape index (κ1) is 78.0. The summed E-state index contributed by atoms with van der Waals surface area (Å²) in [5.74, 6) is 0. The number of fused-ring (bicyclic) bond motifs is 18. The maximum absolute atomic E-state index is 6.50. The molecule has 0 aliphatic carbocycles. The van der Waals surface area contributed by atoms with Crippen LogP contribution in [0.15, 0.2) is 486 Å². The zero-order chi connectivity index (χ0) is 87.1. The number of hydrogen-bond donors (Lipinski definition) is 0. The van der Waals surface area contributed by atoms with Gasteiger partial charge in [-0.2, -0.15) is 0 Å². The van der Waals surface area contributed by atoms with Gasteiger partial charge in [0.05, 0.1) is 0 Å². The molecule has 0 saturated heterocycles. The van der Waals surface area contributed by atoms with Crippen molar-refractivity contribution < 1.29 is 13.3 Å². The number of rotatable bonds is 12. The molecule has 6 aromatic heterocycles. The molecule has 27 aromatic rings. The standard InChI is InChI=1S/C42H26O2.C42H26OS.C42H26S2/c1-2-10-27(11-3-1)28-18-20-29(21-19-28)32-12-4-5-13-33(32)37-24-31(26-41-42(37)36-15-7-9-17-39(36)44-41)30-22-23-35-34-14-6-8-16-38(34)43-40(35)25-30;1-3-11-27(12-4-1)32-21-19-30(24-35(32)28-13-5-2-6-14-28)36-25-31(26-41-42(36)34-16-8-10-18-40(34)44-41)29-20-22-39-37(23-29)33-15-7-9-17-38(33)43-39;1-2-9-27(10-3-1)30-11-8-12-31(23-30)28-17-19-29(20-18-28)36-25-33(26-41-42(36)35-14-5-7-16-39(35)44-41)32-21-22-40-37(24-32)34-13-4-6-15-38(34)43-40/h3*1-26H. The number of thiophene rings is 3. The van der Waals surface area contributed by atoms with Crippen molar-refractivity contribution in [3.8, 4) is 134 Å². The molecule has 0 atom stereocenters. The minimum atomic E-state index is 0.873. The van der Waals surface area contributed by atoms with Gasteiger partial charge in [-0.1, -0.05) is 352 Å². The lowest BCUT2D eigenvalue weighted by Gasteiger charge is -2.15. The molecule has 3 nitrogen and oxygen atoms in total. The molecule has 0 N–H and O–H groups in total. The molecule has 0 unspecified atom stereocenters. The van der Waals surface area contributed by atoms with Crippen molar-refractivity contribution in [1.82, 2.24) is 0 Å². The molecule has 6 heteroatoms. The Morgan fingerprint density at radius 2 is 0.439 bits per heavy atom. The first-order valence-corrected chi connectivity index (χ1v) is 47.2. The summed E-state index contributed by atoms with van der Waals surface area (Å²) in [5.41, 5.74) is 34.4. The van der Waals surface area contributed by atoms with E-state index >= 15 is 0 Å². The molecule has 0 bridgehead atoms. The molecule has 0 radical (unpaired) electrons. The second-order valence-electron chi connectivity index (χ2n) is 33.9. The van der Waals surface area contributed by atoms with Crippen LogP contribution < -0.4 is 0 Å². The average Bonchev–Trinajstić information content (AvgIpc) is 1.52. The van der Waals surface area contributed by atoms with Gasteiger partial charge in [-0.3, -0.25) is 0 Å². The zero-order valence-corrected chi connectivity index (χ0v) is 73.9. The third-order valence-corrected chi connectivity index (χ3v) is 29.5. The van der Waals surface area contributed by atoms with Crippen LogP contribution in [-0.2, 0) is 0 Å². The van der Waals surface area contributed by atoms with Gasteiger partial charge in [-0.25, -0.2) is 0 Å². The fraction of sp³-hybridized carbons (Fsp3) is 0. The normalized spacial score (nSPS) is 11.6. The van der Waals surface area contributed by atoms with E-state index in [0.29, 0.717) is 0 Å². The summed E-state index contributed by atoms with van der Waals surface area (Å²) in [5, 5.41) is 14.8. The molecule has 618 valence electrons. The Balaban J connectivity index is 0.000000106. The van der Waals surface area contributed by atoms with Crippen molar-refractivity contribution in [3.05, 3.63) is 473 Å². The average molecular weight is 1740 g/mol. The van der Waals surface area contributed by atoms with Gasteiger partial charge >= 0.3 is 0 Å². The van der Waals surface area contributed by atoms with Crippen molar-refractivity contribution in [2.75, 3.05) is 0 Å². The number of hydrogen-bond acceptors (Lipinski definition) is 6. The largest absolute Gasteiger partial charge is 0.456 e. The second-order valence-corrected chi connectivity index (χ2v) is 37.2. The summed E-state index contributed by atoms with van der Waals surface area (Å²) in [6.07, 6.45) is 0. The molecule has 0 aliphatic rings. The summed E-state index contributed by atoms with van der Waals surface area (Å²) in [6, 6.07) is 170.